The maximum absolute atomic E-state index is 16.1. The quantitative estimate of drug-likeness (QED) is 0.340. The van der Waals surface area contributed by atoms with Crippen LogP contribution in [-0.4, -0.2) is 86.5 Å². The molecule has 0 spiro atoms. The van der Waals surface area contributed by atoms with Gasteiger partial charge in [-0.2, -0.15) is 0 Å². The van der Waals surface area contributed by atoms with E-state index in [9.17, 15) is 34.8 Å². The SMILES string of the molecule is CN(C)[C@@H]1C(=O)C(C(N)=O)=C(O)[C@@]2(O)C(=O)C3=C(O)c4c(O)cc(CN5CC6CCCCC6C5)c(F)c4C[C@H]3C[C@@H]12. The van der Waals surface area contributed by atoms with E-state index in [1.165, 1.54) is 50.7 Å². The topological polar surface area (TPSA) is 165 Å². The van der Waals surface area contributed by atoms with Gasteiger partial charge in [0, 0.05) is 42.3 Å². The van der Waals surface area contributed by atoms with Gasteiger partial charge in [0.25, 0.3) is 5.91 Å². The number of fused-ring (bicyclic) bond motifs is 4. The summed E-state index contributed by atoms with van der Waals surface area (Å²) in [7, 11) is 3.07. The van der Waals surface area contributed by atoms with Crippen molar-refractivity contribution in [3.05, 3.63) is 45.5 Å². The van der Waals surface area contributed by atoms with E-state index in [0.29, 0.717) is 23.9 Å². The third-order valence-electron chi connectivity index (χ3n) is 10.2. The molecule has 1 aliphatic heterocycles. The first-order valence-corrected chi connectivity index (χ1v) is 14.3. The van der Waals surface area contributed by atoms with Gasteiger partial charge in [0.2, 0.25) is 5.78 Å². The first kappa shape index (κ1) is 27.9. The summed E-state index contributed by atoms with van der Waals surface area (Å²) in [5.74, 6) is -6.82. The molecule has 1 aromatic carbocycles. The Kier molecular flexibility index (Phi) is 6.55. The van der Waals surface area contributed by atoms with E-state index in [1.54, 1.807) is 0 Å². The Morgan fingerprint density at radius 2 is 1.78 bits per heavy atom. The molecule has 6 N–H and O–H groups in total. The van der Waals surface area contributed by atoms with Crippen LogP contribution in [0.2, 0.25) is 0 Å². The van der Waals surface area contributed by atoms with Crippen LogP contribution in [0.3, 0.4) is 0 Å². The number of nitrogens with two attached hydrogens (primary N) is 1. The van der Waals surface area contributed by atoms with Crippen molar-refractivity contribution < 1.29 is 39.2 Å². The molecular weight excluding hydrogens is 533 g/mol. The number of aliphatic hydroxyl groups is 3. The number of halogens is 1. The van der Waals surface area contributed by atoms with E-state index in [-0.39, 0.29) is 35.3 Å². The van der Waals surface area contributed by atoms with Gasteiger partial charge >= 0.3 is 0 Å². The number of phenols is 1. The van der Waals surface area contributed by atoms with E-state index in [0.717, 1.165) is 13.1 Å². The summed E-state index contributed by atoms with van der Waals surface area (Å²) < 4.78 is 16.1. The van der Waals surface area contributed by atoms with Crippen molar-refractivity contribution in [2.45, 2.75) is 56.7 Å². The molecule has 11 heteroatoms. The van der Waals surface area contributed by atoms with Crippen LogP contribution >= 0.6 is 0 Å². The normalized spacial score (nSPS) is 33.5. The number of likely N-dealkylation sites (N-methyl/N-ethyl adjacent to an activating group) is 1. The van der Waals surface area contributed by atoms with Gasteiger partial charge < -0.3 is 26.2 Å². The summed E-state index contributed by atoms with van der Waals surface area (Å²) in [4.78, 5) is 42.8. The van der Waals surface area contributed by atoms with Crippen molar-refractivity contribution in [1.82, 2.24) is 9.80 Å². The lowest BCUT2D eigenvalue weighted by molar-refractivity contribution is -0.153. The molecule has 0 aromatic heterocycles. The molecule has 3 fully saturated rings. The number of hydrogen-bond acceptors (Lipinski definition) is 9. The number of aliphatic hydroxyl groups excluding tert-OH is 2. The van der Waals surface area contributed by atoms with E-state index < -0.39 is 63.9 Å². The van der Waals surface area contributed by atoms with Crippen LogP contribution in [0.1, 0.15) is 48.8 Å². The Morgan fingerprint density at radius 3 is 2.37 bits per heavy atom. The summed E-state index contributed by atoms with van der Waals surface area (Å²) >= 11 is 0. The highest BCUT2D eigenvalue weighted by atomic mass is 19.1. The van der Waals surface area contributed by atoms with Crippen LogP contribution in [0.5, 0.6) is 5.75 Å². The second-order valence-corrected chi connectivity index (χ2v) is 12.7. The van der Waals surface area contributed by atoms with Gasteiger partial charge in [-0.05, 0) is 63.6 Å². The number of benzene rings is 1. The lowest BCUT2D eigenvalue weighted by Crippen LogP contribution is -2.65. The van der Waals surface area contributed by atoms with E-state index in [1.807, 2.05) is 0 Å². The Morgan fingerprint density at radius 1 is 1.15 bits per heavy atom. The number of carbonyl (C=O) groups excluding carboxylic acids is 3. The molecule has 2 saturated carbocycles. The molecule has 1 aromatic rings. The molecule has 0 radical (unpaired) electrons. The highest BCUT2D eigenvalue weighted by Crippen LogP contribution is 2.53. The zero-order valence-electron chi connectivity index (χ0n) is 23.2. The molecule has 6 rings (SSSR count). The number of rotatable bonds is 4. The predicted molar refractivity (Wildman–Crippen MR) is 145 cm³/mol. The van der Waals surface area contributed by atoms with E-state index in [4.69, 9.17) is 5.73 Å². The highest BCUT2D eigenvalue weighted by Gasteiger charge is 2.64. The van der Waals surface area contributed by atoms with Crippen molar-refractivity contribution in [1.29, 1.82) is 0 Å². The smallest absolute Gasteiger partial charge is 0.255 e. The average Bonchev–Trinajstić information content (AvgIpc) is 3.31. The van der Waals surface area contributed by atoms with Crippen molar-refractivity contribution in [3.8, 4) is 5.75 Å². The van der Waals surface area contributed by atoms with Gasteiger partial charge in [-0.15, -0.1) is 0 Å². The first-order valence-electron chi connectivity index (χ1n) is 14.3. The van der Waals surface area contributed by atoms with Crippen LogP contribution in [0.15, 0.2) is 23.0 Å². The average molecular weight is 570 g/mol. The lowest BCUT2D eigenvalue weighted by Gasteiger charge is -2.50. The van der Waals surface area contributed by atoms with Crippen molar-refractivity contribution >= 4 is 23.2 Å². The Balaban J connectivity index is 1.41. The minimum atomic E-state index is -2.72. The number of nitrogens with zero attached hydrogens (tertiary/aromatic N) is 2. The minimum absolute atomic E-state index is 0.0625. The second-order valence-electron chi connectivity index (χ2n) is 12.7. The maximum Gasteiger partial charge on any atom is 0.255 e. The zero-order chi connectivity index (χ0) is 29.5. The van der Waals surface area contributed by atoms with E-state index in [2.05, 4.69) is 4.90 Å². The summed E-state index contributed by atoms with van der Waals surface area (Å²) in [5, 5.41) is 44.8. The number of hydrogen-bond donors (Lipinski definition) is 5. The number of primary amides is 1. The molecule has 0 bridgehead atoms. The van der Waals surface area contributed by atoms with Crippen molar-refractivity contribution in [2.24, 2.45) is 29.4 Å². The monoisotopic (exact) mass is 569 g/mol. The fraction of sp³-hybridized carbons (Fsp3) is 0.567. The molecule has 6 atom stereocenters. The van der Waals surface area contributed by atoms with Gasteiger partial charge in [-0.25, -0.2) is 4.39 Å². The molecule has 1 saturated heterocycles. The van der Waals surface area contributed by atoms with Gasteiger partial charge in [0.15, 0.2) is 11.4 Å². The third kappa shape index (κ3) is 3.96. The zero-order valence-corrected chi connectivity index (χ0v) is 23.2. The number of carbonyl (C=O) groups is 3. The van der Waals surface area contributed by atoms with Gasteiger partial charge in [0.05, 0.1) is 11.6 Å². The van der Waals surface area contributed by atoms with Crippen LogP contribution in [-0.2, 0) is 27.3 Å². The summed E-state index contributed by atoms with van der Waals surface area (Å²) in [6.07, 6.45) is 4.63. The van der Waals surface area contributed by atoms with Crippen molar-refractivity contribution in [2.75, 3.05) is 27.2 Å². The summed E-state index contributed by atoms with van der Waals surface area (Å²) in [6, 6.07) is 0.0952. The first-order chi connectivity index (χ1) is 19.4. The molecule has 10 nitrogen and oxygen atoms in total. The number of ketones is 2. The third-order valence-corrected chi connectivity index (χ3v) is 10.2. The fourth-order valence-electron chi connectivity index (χ4n) is 8.33. The minimum Gasteiger partial charge on any atom is -0.508 e. The van der Waals surface area contributed by atoms with Crippen LogP contribution < -0.4 is 5.73 Å². The number of Topliss-reactive ketones (excluding diaryl/α,β-unsaturated/α-hetero) is 2. The highest BCUT2D eigenvalue weighted by molar-refractivity contribution is 6.24. The molecule has 1 heterocycles. The predicted octanol–water partition coefficient (Wildman–Crippen LogP) is 1.73. The van der Waals surface area contributed by atoms with Crippen LogP contribution in [0, 0.1) is 29.5 Å². The second kappa shape index (κ2) is 9.64. The summed E-state index contributed by atoms with van der Waals surface area (Å²) in [5.41, 5.74) is 1.62. The largest absolute Gasteiger partial charge is 0.508 e. The fourth-order valence-corrected chi connectivity index (χ4v) is 8.33. The lowest BCUT2D eigenvalue weighted by atomic mass is 9.57. The van der Waals surface area contributed by atoms with Gasteiger partial charge in [-0.3, -0.25) is 24.2 Å². The standard InChI is InChI=1S/C30H36FN3O7/c1-33(2)24-18-8-15-7-17-21(25(36)20(15)27(38)30(18,41)28(39)22(26(24)37)29(32)40)19(35)9-16(23(17)31)12-34-10-13-5-3-4-6-14(13)11-34/h9,13-15,18,24,35-36,39,41H,3-8,10-12H2,1-2H3,(H2,32,40)/t13?,14?,15-,18-,24-,30-/m0/s1. The molecular formula is C30H36FN3O7. The number of amides is 1. The molecule has 5 aliphatic rings. The van der Waals surface area contributed by atoms with Crippen molar-refractivity contribution in [3.63, 3.8) is 0 Å². The number of aromatic hydroxyl groups is 1. The van der Waals surface area contributed by atoms with Gasteiger partial charge in [-0.1, -0.05) is 12.8 Å². The van der Waals surface area contributed by atoms with E-state index >= 15 is 4.39 Å². The molecule has 1 amide bonds. The van der Waals surface area contributed by atoms with Crippen LogP contribution in [0.4, 0.5) is 4.39 Å². The van der Waals surface area contributed by atoms with Gasteiger partial charge in [0.1, 0.15) is 28.7 Å². The number of likely N-dealkylation sites (tertiary alicyclic amines) is 1. The molecule has 220 valence electrons. The molecule has 2 unspecified atom stereocenters. The Hall–Kier alpha value is -3.28. The van der Waals surface area contributed by atoms with Crippen LogP contribution in [0.25, 0.3) is 5.76 Å². The Bertz CT molecular complexity index is 1420. The maximum atomic E-state index is 16.1. The summed E-state index contributed by atoms with van der Waals surface area (Å²) in [6.45, 7) is 2.06. The molecule has 41 heavy (non-hydrogen) atoms. The number of phenolic OH excluding ortho intramolecular Hbond substituents is 1. The Labute approximate surface area is 236 Å². The molecule has 4 aliphatic carbocycles.